The van der Waals surface area contributed by atoms with Crippen LogP contribution in [0.25, 0.3) is 10.8 Å². The van der Waals surface area contributed by atoms with Crippen LogP contribution in [0.4, 0.5) is 0 Å². The molecule has 0 spiro atoms. The lowest BCUT2D eigenvalue weighted by molar-refractivity contribution is 0.478. The van der Waals surface area contributed by atoms with Gasteiger partial charge in [-0.2, -0.15) is 0 Å². The Labute approximate surface area is 115 Å². The van der Waals surface area contributed by atoms with Gasteiger partial charge in [0.15, 0.2) is 0 Å². The standard InChI is InChI=1S/C17H22N2/c1-2-3-4-9-17(19-18)13-14-10-11-15-7-5-6-8-16(15)12-14/h2,5-8,10-12,17,19H,1,3-4,9,13,18H2. The Morgan fingerprint density at radius 2 is 1.95 bits per heavy atom. The van der Waals surface area contributed by atoms with Crippen molar-refractivity contribution >= 4 is 10.8 Å². The van der Waals surface area contributed by atoms with Crippen molar-refractivity contribution in [3.63, 3.8) is 0 Å². The fraction of sp³-hybridized carbons (Fsp3) is 0.294. The molecule has 19 heavy (non-hydrogen) atoms. The molecule has 0 aromatic heterocycles. The molecule has 0 saturated heterocycles. The van der Waals surface area contributed by atoms with Gasteiger partial charge in [0, 0.05) is 6.04 Å². The van der Waals surface area contributed by atoms with E-state index in [4.69, 9.17) is 5.84 Å². The zero-order valence-electron chi connectivity index (χ0n) is 11.3. The molecule has 0 aliphatic carbocycles. The summed E-state index contributed by atoms with van der Waals surface area (Å²) in [6.07, 6.45) is 6.19. The van der Waals surface area contributed by atoms with Gasteiger partial charge >= 0.3 is 0 Å². The Morgan fingerprint density at radius 3 is 2.68 bits per heavy atom. The summed E-state index contributed by atoms with van der Waals surface area (Å²) in [6.45, 7) is 3.75. The van der Waals surface area contributed by atoms with E-state index < -0.39 is 0 Å². The molecule has 2 rings (SSSR count). The molecule has 0 aliphatic heterocycles. The molecule has 0 radical (unpaired) electrons. The number of hydrazine groups is 1. The molecule has 0 aliphatic rings. The van der Waals surface area contributed by atoms with Crippen molar-refractivity contribution < 1.29 is 0 Å². The third-order valence-electron chi connectivity index (χ3n) is 3.49. The van der Waals surface area contributed by atoms with Gasteiger partial charge in [0.05, 0.1) is 0 Å². The molecule has 100 valence electrons. The van der Waals surface area contributed by atoms with Crippen LogP contribution < -0.4 is 11.3 Å². The third kappa shape index (κ3) is 3.91. The summed E-state index contributed by atoms with van der Waals surface area (Å²) in [6, 6.07) is 15.4. The molecule has 1 atom stereocenters. The van der Waals surface area contributed by atoms with Crippen LogP contribution in [0.2, 0.25) is 0 Å². The van der Waals surface area contributed by atoms with E-state index in [1.165, 1.54) is 16.3 Å². The molecule has 0 bridgehead atoms. The molecule has 3 N–H and O–H groups in total. The van der Waals surface area contributed by atoms with Crippen molar-refractivity contribution in [3.8, 4) is 0 Å². The van der Waals surface area contributed by atoms with Gasteiger partial charge in [-0.3, -0.25) is 11.3 Å². The average Bonchev–Trinajstić information content (AvgIpc) is 2.46. The lowest BCUT2D eigenvalue weighted by Crippen LogP contribution is -2.36. The van der Waals surface area contributed by atoms with Crippen molar-refractivity contribution in [2.75, 3.05) is 0 Å². The maximum Gasteiger partial charge on any atom is 0.0251 e. The Bertz CT molecular complexity index is 534. The van der Waals surface area contributed by atoms with Gasteiger partial charge in [-0.25, -0.2) is 0 Å². The average molecular weight is 254 g/mol. The van der Waals surface area contributed by atoms with Crippen LogP contribution in [0.15, 0.2) is 55.1 Å². The van der Waals surface area contributed by atoms with Crippen molar-refractivity contribution in [1.82, 2.24) is 5.43 Å². The first-order valence-corrected chi connectivity index (χ1v) is 6.88. The topological polar surface area (TPSA) is 38.0 Å². The van der Waals surface area contributed by atoms with Crippen molar-refractivity contribution in [1.29, 1.82) is 0 Å². The summed E-state index contributed by atoms with van der Waals surface area (Å²) < 4.78 is 0. The first-order chi connectivity index (χ1) is 9.33. The molecular weight excluding hydrogens is 232 g/mol. The number of fused-ring (bicyclic) bond motifs is 1. The molecule has 2 aromatic rings. The second kappa shape index (κ2) is 7.07. The van der Waals surface area contributed by atoms with E-state index in [-0.39, 0.29) is 0 Å². The predicted octanol–water partition coefficient (Wildman–Crippen LogP) is 3.57. The van der Waals surface area contributed by atoms with Crippen LogP contribution >= 0.6 is 0 Å². The van der Waals surface area contributed by atoms with E-state index in [0.717, 1.165) is 25.7 Å². The quantitative estimate of drug-likeness (QED) is 0.343. The number of nitrogens with two attached hydrogens (primary N) is 1. The first kappa shape index (κ1) is 13.8. The van der Waals surface area contributed by atoms with Crippen molar-refractivity contribution in [2.24, 2.45) is 5.84 Å². The van der Waals surface area contributed by atoms with Gasteiger partial charge in [0.1, 0.15) is 0 Å². The van der Waals surface area contributed by atoms with E-state index in [2.05, 4.69) is 54.5 Å². The molecular formula is C17H22N2. The largest absolute Gasteiger partial charge is 0.271 e. The molecule has 0 saturated carbocycles. The number of hydrogen-bond acceptors (Lipinski definition) is 2. The van der Waals surface area contributed by atoms with Crippen LogP contribution in [-0.4, -0.2) is 6.04 Å². The zero-order valence-corrected chi connectivity index (χ0v) is 11.3. The van der Waals surface area contributed by atoms with E-state index in [1.807, 2.05) is 6.08 Å². The minimum Gasteiger partial charge on any atom is -0.271 e. The van der Waals surface area contributed by atoms with E-state index in [0.29, 0.717) is 6.04 Å². The normalized spacial score (nSPS) is 12.5. The maximum absolute atomic E-state index is 5.64. The van der Waals surface area contributed by atoms with Crippen molar-refractivity contribution in [3.05, 3.63) is 60.7 Å². The molecule has 2 nitrogen and oxygen atoms in total. The van der Waals surface area contributed by atoms with Gasteiger partial charge in [-0.15, -0.1) is 6.58 Å². The SMILES string of the molecule is C=CCCCC(Cc1ccc2ccccc2c1)NN. The zero-order chi connectivity index (χ0) is 13.5. The Hall–Kier alpha value is -1.64. The number of benzene rings is 2. The lowest BCUT2D eigenvalue weighted by atomic mass is 9.99. The number of hydrogen-bond donors (Lipinski definition) is 2. The number of nitrogens with one attached hydrogen (secondary N) is 1. The van der Waals surface area contributed by atoms with Crippen LogP contribution in [0.3, 0.4) is 0 Å². The summed E-state index contributed by atoms with van der Waals surface area (Å²) in [4.78, 5) is 0. The van der Waals surface area contributed by atoms with Gasteiger partial charge in [0.25, 0.3) is 0 Å². The van der Waals surface area contributed by atoms with E-state index in [9.17, 15) is 0 Å². The molecule has 0 heterocycles. The highest BCUT2D eigenvalue weighted by Gasteiger charge is 2.07. The minimum atomic E-state index is 0.334. The summed E-state index contributed by atoms with van der Waals surface area (Å²) in [7, 11) is 0. The Kier molecular flexibility index (Phi) is 5.13. The number of unbranched alkanes of at least 4 members (excludes halogenated alkanes) is 1. The number of allylic oxidation sites excluding steroid dienone is 1. The summed E-state index contributed by atoms with van der Waals surface area (Å²) in [5.41, 5.74) is 4.26. The maximum atomic E-state index is 5.64. The summed E-state index contributed by atoms with van der Waals surface area (Å²) in [5, 5.41) is 2.58. The fourth-order valence-corrected chi connectivity index (χ4v) is 2.40. The van der Waals surface area contributed by atoms with Crippen LogP contribution in [0.5, 0.6) is 0 Å². The third-order valence-corrected chi connectivity index (χ3v) is 3.49. The molecule has 0 fully saturated rings. The van der Waals surface area contributed by atoms with Gasteiger partial charge in [-0.05, 0) is 42.0 Å². The Balaban J connectivity index is 2.04. The van der Waals surface area contributed by atoms with Crippen LogP contribution in [0, 0.1) is 0 Å². The molecule has 2 aromatic carbocycles. The van der Waals surface area contributed by atoms with Gasteiger partial charge < -0.3 is 0 Å². The van der Waals surface area contributed by atoms with E-state index >= 15 is 0 Å². The summed E-state index contributed by atoms with van der Waals surface area (Å²) >= 11 is 0. The van der Waals surface area contributed by atoms with Gasteiger partial charge in [-0.1, -0.05) is 48.5 Å². The summed E-state index contributed by atoms with van der Waals surface area (Å²) in [5.74, 6) is 5.64. The van der Waals surface area contributed by atoms with Crippen LogP contribution in [0.1, 0.15) is 24.8 Å². The van der Waals surface area contributed by atoms with Crippen molar-refractivity contribution in [2.45, 2.75) is 31.7 Å². The smallest absolute Gasteiger partial charge is 0.0251 e. The highest BCUT2D eigenvalue weighted by molar-refractivity contribution is 5.82. The highest BCUT2D eigenvalue weighted by atomic mass is 15.2. The molecule has 1 unspecified atom stereocenters. The van der Waals surface area contributed by atoms with E-state index in [1.54, 1.807) is 0 Å². The lowest BCUT2D eigenvalue weighted by Gasteiger charge is -2.15. The monoisotopic (exact) mass is 254 g/mol. The highest BCUT2D eigenvalue weighted by Crippen LogP contribution is 2.17. The predicted molar refractivity (Wildman–Crippen MR) is 82.8 cm³/mol. The molecule has 2 heteroatoms. The second-order valence-corrected chi connectivity index (χ2v) is 4.97. The molecule has 0 amide bonds. The Morgan fingerprint density at radius 1 is 1.16 bits per heavy atom. The fourth-order valence-electron chi connectivity index (χ4n) is 2.40. The van der Waals surface area contributed by atoms with Crippen LogP contribution in [-0.2, 0) is 6.42 Å². The second-order valence-electron chi connectivity index (χ2n) is 4.97. The number of rotatable bonds is 7. The van der Waals surface area contributed by atoms with Gasteiger partial charge in [0.2, 0.25) is 0 Å². The first-order valence-electron chi connectivity index (χ1n) is 6.88. The minimum absolute atomic E-state index is 0.334.